The van der Waals surface area contributed by atoms with Crippen LogP contribution in [0.5, 0.6) is 5.75 Å². The molecule has 5 nitrogen and oxygen atoms in total. The first-order chi connectivity index (χ1) is 14.5. The lowest BCUT2D eigenvalue weighted by Gasteiger charge is -2.29. The Morgan fingerprint density at radius 3 is 2.50 bits per heavy atom. The molecule has 1 aliphatic carbocycles. The van der Waals surface area contributed by atoms with Crippen LogP contribution in [0.25, 0.3) is 5.70 Å². The van der Waals surface area contributed by atoms with Crippen LogP contribution in [-0.4, -0.2) is 25.0 Å². The molecule has 0 unspecified atom stereocenters. The molecule has 2 aromatic rings. The van der Waals surface area contributed by atoms with Crippen LogP contribution >= 0.6 is 11.6 Å². The first-order valence-electron chi connectivity index (χ1n) is 9.93. The van der Waals surface area contributed by atoms with Crippen molar-refractivity contribution in [2.45, 2.75) is 26.7 Å². The summed E-state index contributed by atoms with van der Waals surface area (Å²) in [6, 6.07) is 12.8. The smallest absolute Gasteiger partial charge is 0.336 e. The second-order valence-electron chi connectivity index (χ2n) is 7.10. The van der Waals surface area contributed by atoms with Crippen LogP contribution < -0.4 is 10.1 Å². The van der Waals surface area contributed by atoms with Crippen LogP contribution in [0.2, 0.25) is 5.02 Å². The second-order valence-corrected chi connectivity index (χ2v) is 7.51. The van der Waals surface area contributed by atoms with Crippen LogP contribution in [0.1, 0.15) is 48.2 Å². The molecule has 0 fully saturated rings. The lowest BCUT2D eigenvalue weighted by atomic mass is 9.80. The fourth-order valence-electron chi connectivity index (χ4n) is 4.11. The molecule has 30 heavy (non-hydrogen) atoms. The number of benzene rings is 2. The Kier molecular flexibility index (Phi) is 5.39. The molecule has 0 aromatic heterocycles. The first-order valence-corrected chi connectivity index (χ1v) is 10.3. The fraction of sp³-hybridized carbons (Fsp3) is 0.250. The van der Waals surface area contributed by atoms with E-state index in [0.717, 1.165) is 16.8 Å². The van der Waals surface area contributed by atoms with Gasteiger partial charge in [0.25, 0.3) is 0 Å². The van der Waals surface area contributed by atoms with Gasteiger partial charge in [-0.05, 0) is 38.5 Å². The second kappa shape index (κ2) is 8.00. The van der Waals surface area contributed by atoms with E-state index in [2.05, 4.69) is 5.32 Å². The number of carbonyl (C=O) groups excluding carboxylic acids is 2. The van der Waals surface area contributed by atoms with E-state index in [1.807, 2.05) is 38.1 Å². The molecule has 0 saturated carbocycles. The number of esters is 1. The third kappa shape index (κ3) is 3.19. The number of ether oxygens (including phenoxy) is 2. The van der Waals surface area contributed by atoms with E-state index in [4.69, 9.17) is 21.1 Å². The van der Waals surface area contributed by atoms with Crippen LogP contribution in [0.3, 0.4) is 0 Å². The summed E-state index contributed by atoms with van der Waals surface area (Å²) >= 11 is 6.45. The predicted molar refractivity (Wildman–Crippen MR) is 116 cm³/mol. The summed E-state index contributed by atoms with van der Waals surface area (Å²) < 4.78 is 10.9. The highest BCUT2D eigenvalue weighted by molar-refractivity contribution is 6.32. The van der Waals surface area contributed by atoms with Gasteiger partial charge in [0.15, 0.2) is 5.78 Å². The lowest BCUT2D eigenvalue weighted by Crippen LogP contribution is -2.29. The van der Waals surface area contributed by atoms with E-state index in [0.29, 0.717) is 39.8 Å². The molecule has 1 N–H and O–H groups in total. The van der Waals surface area contributed by atoms with E-state index in [1.165, 1.54) is 0 Å². The number of allylic oxidation sites excluding steroid dienone is 2. The zero-order valence-corrected chi connectivity index (χ0v) is 17.8. The van der Waals surface area contributed by atoms with Crippen LogP contribution in [0.4, 0.5) is 0 Å². The molecular formula is C24H22ClNO4. The third-order valence-corrected chi connectivity index (χ3v) is 5.63. The average molecular weight is 424 g/mol. The van der Waals surface area contributed by atoms with Gasteiger partial charge in [0.1, 0.15) is 5.75 Å². The molecule has 4 rings (SSSR count). The van der Waals surface area contributed by atoms with Gasteiger partial charge in [0, 0.05) is 28.3 Å². The SMILES string of the molecule is CCOC(=O)C1=C(C)NC2=C(C(=O)c3ccccc32)[C@@H]1c1ccc(OCC)c(Cl)c1. The van der Waals surface area contributed by atoms with Crippen LogP contribution in [0, 0.1) is 0 Å². The van der Waals surface area contributed by atoms with Gasteiger partial charge in [-0.2, -0.15) is 0 Å². The summed E-state index contributed by atoms with van der Waals surface area (Å²) in [6.07, 6.45) is 0. The number of carbonyl (C=O) groups is 2. The van der Waals surface area contributed by atoms with E-state index in [1.54, 1.807) is 25.1 Å². The molecule has 0 radical (unpaired) electrons. The molecule has 1 aliphatic heterocycles. The molecule has 2 aromatic carbocycles. The highest BCUT2D eigenvalue weighted by Crippen LogP contribution is 2.47. The number of hydrogen-bond acceptors (Lipinski definition) is 5. The maximum Gasteiger partial charge on any atom is 0.336 e. The van der Waals surface area contributed by atoms with Crippen molar-refractivity contribution in [1.82, 2.24) is 5.32 Å². The number of Topliss-reactive ketones (excluding diaryl/α,β-unsaturated/α-hetero) is 1. The number of nitrogens with one attached hydrogen (secondary N) is 1. The lowest BCUT2D eigenvalue weighted by molar-refractivity contribution is -0.138. The van der Waals surface area contributed by atoms with Gasteiger partial charge in [-0.15, -0.1) is 0 Å². The number of rotatable bonds is 5. The summed E-state index contributed by atoms with van der Waals surface area (Å²) in [6.45, 7) is 6.20. The van der Waals surface area contributed by atoms with E-state index in [9.17, 15) is 9.59 Å². The quantitative estimate of drug-likeness (QED) is 0.695. The number of dihydropyridines is 1. The zero-order chi connectivity index (χ0) is 21.4. The van der Waals surface area contributed by atoms with Gasteiger partial charge in [0.05, 0.1) is 29.5 Å². The van der Waals surface area contributed by atoms with Gasteiger partial charge >= 0.3 is 5.97 Å². The highest BCUT2D eigenvalue weighted by atomic mass is 35.5. The minimum atomic E-state index is -0.589. The Morgan fingerprint density at radius 2 is 1.83 bits per heavy atom. The van der Waals surface area contributed by atoms with Crippen LogP contribution in [-0.2, 0) is 9.53 Å². The zero-order valence-electron chi connectivity index (χ0n) is 17.0. The molecule has 0 spiro atoms. The number of hydrogen-bond donors (Lipinski definition) is 1. The Bertz CT molecular complexity index is 1120. The van der Waals surface area contributed by atoms with Crippen molar-refractivity contribution in [3.63, 3.8) is 0 Å². The molecule has 1 atom stereocenters. The van der Waals surface area contributed by atoms with Crippen molar-refractivity contribution < 1.29 is 19.1 Å². The summed E-state index contributed by atoms with van der Waals surface area (Å²) in [5, 5.41) is 3.71. The molecular weight excluding hydrogens is 402 g/mol. The van der Waals surface area contributed by atoms with Gasteiger partial charge in [-0.1, -0.05) is 41.9 Å². The standard InChI is InChI=1S/C24H22ClNO4/c1-4-29-18-11-10-14(12-17(18)25)20-19(24(28)30-5-2)13(3)26-22-15-8-6-7-9-16(15)23(27)21(20)22/h6-12,20,26H,4-5H2,1-3H3/t20-/m1/s1. The van der Waals surface area contributed by atoms with Crippen molar-refractivity contribution in [2.24, 2.45) is 0 Å². The molecule has 2 aliphatic rings. The van der Waals surface area contributed by atoms with Gasteiger partial charge in [-0.25, -0.2) is 4.79 Å². The maximum atomic E-state index is 13.4. The van der Waals surface area contributed by atoms with E-state index >= 15 is 0 Å². The Morgan fingerprint density at radius 1 is 1.10 bits per heavy atom. The minimum Gasteiger partial charge on any atom is -0.492 e. The monoisotopic (exact) mass is 423 g/mol. The summed E-state index contributed by atoms with van der Waals surface area (Å²) in [5.74, 6) is -0.580. The number of halogens is 1. The van der Waals surface area contributed by atoms with Crippen LogP contribution in [0.15, 0.2) is 59.3 Å². The molecule has 0 saturated heterocycles. The van der Waals surface area contributed by atoms with Gasteiger partial charge in [-0.3, -0.25) is 4.79 Å². The topological polar surface area (TPSA) is 64.6 Å². The molecule has 154 valence electrons. The summed E-state index contributed by atoms with van der Waals surface area (Å²) in [5.41, 5.74) is 4.53. The Labute approximate surface area is 180 Å². The van der Waals surface area contributed by atoms with Crippen molar-refractivity contribution in [2.75, 3.05) is 13.2 Å². The molecule has 6 heteroatoms. The maximum absolute atomic E-state index is 13.4. The Balaban J connectivity index is 1.90. The Hall–Kier alpha value is -3.05. The number of ketones is 1. The minimum absolute atomic E-state index is 0.0996. The summed E-state index contributed by atoms with van der Waals surface area (Å²) in [4.78, 5) is 26.3. The predicted octanol–water partition coefficient (Wildman–Crippen LogP) is 4.87. The van der Waals surface area contributed by atoms with Crippen molar-refractivity contribution in [3.05, 3.63) is 81.0 Å². The molecule has 1 heterocycles. The third-order valence-electron chi connectivity index (χ3n) is 5.33. The average Bonchev–Trinajstić information content (AvgIpc) is 3.01. The van der Waals surface area contributed by atoms with Crippen molar-refractivity contribution >= 4 is 29.1 Å². The first kappa shape index (κ1) is 20.2. The molecule has 0 bridgehead atoms. The highest BCUT2D eigenvalue weighted by Gasteiger charge is 2.43. The van der Waals surface area contributed by atoms with E-state index in [-0.39, 0.29) is 12.4 Å². The largest absolute Gasteiger partial charge is 0.492 e. The molecule has 0 amide bonds. The van der Waals surface area contributed by atoms with Crippen molar-refractivity contribution in [1.29, 1.82) is 0 Å². The normalized spacial score (nSPS) is 17.5. The fourth-order valence-corrected chi connectivity index (χ4v) is 4.35. The number of fused-ring (bicyclic) bond motifs is 2. The summed E-state index contributed by atoms with van der Waals surface area (Å²) in [7, 11) is 0. The van der Waals surface area contributed by atoms with Gasteiger partial charge in [0.2, 0.25) is 0 Å². The van der Waals surface area contributed by atoms with Gasteiger partial charge < -0.3 is 14.8 Å². The van der Waals surface area contributed by atoms with Crippen molar-refractivity contribution in [3.8, 4) is 5.75 Å². The van der Waals surface area contributed by atoms with E-state index < -0.39 is 11.9 Å².